The highest BCUT2D eigenvalue weighted by Gasteiger charge is 2.28. The lowest BCUT2D eigenvalue weighted by Gasteiger charge is -2.32. The van der Waals surface area contributed by atoms with E-state index in [-0.39, 0.29) is 17.0 Å². The fourth-order valence-corrected chi connectivity index (χ4v) is 5.18. The minimum absolute atomic E-state index is 0.0272. The molecular formula is C27H52N2O4. The Labute approximate surface area is 202 Å². The normalized spacial score (nSPS) is 12.5. The molecule has 0 aliphatic rings. The van der Waals surface area contributed by atoms with Gasteiger partial charge >= 0.3 is 5.69 Å². The first kappa shape index (κ1) is 29.8. The monoisotopic (exact) mass is 468 g/mol. The molecule has 0 saturated carbocycles. The van der Waals surface area contributed by atoms with Gasteiger partial charge in [-0.2, -0.15) is 0 Å². The summed E-state index contributed by atoms with van der Waals surface area (Å²) in [4.78, 5) is 12.5. The van der Waals surface area contributed by atoms with E-state index in [0.29, 0.717) is 25.1 Å². The summed E-state index contributed by atoms with van der Waals surface area (Å²) in [5.74, 6) is 0.0722. The van der Waals surface area contributed by atoms with Crippen molar-refractivity contribution < 1.29 is 14.9 Å². The van der Waals surface area contributed by atoms with Crippen LogP contribution in [0.4, 0.5) is 0 Å². The topological polar surface area (TPSA) is 76.6 Å². The summed E-state index contributed by atoms with van der Waals surface area (Å²) in [5, 5.41) is 19.4. The molecule has 194 valence electrons. The molecule has 0 aliphatic carbocycles. The lowest BCUT2D eigenvalue weighted by atomic mass is 9.74. The van der Waals surface area contributed by atoms with Gasteiger partial charge in [0, 0.05) is 32.9 Å². The van der Waals surface area contributed by atoms with Crippen LogP contribution in [0.1, 0.15) is 112 Å². The van der Waals surface area contributed by atoms with Gasteiger partial charge in [0.25, 0.3) is 0 Å². The highest BCUT2D eigenvalue weighted by atomic mass is 16.5. The van der Waals surface area contributed by atoms with Gasteiger partial charge in [-0.25, -0.2) is 4.79 Å². The van der Waals surface area contributed by atoms with Gasteiger partial charge < -0.3 is 14.9 Å². The first-order valence-electron chi connectivity index (χ1n) is 13.5. The van der Waals surface area contributed by atoms with Crippen molar-refractivity contribution in [3.63, 3.8) is 0 Å². The number of aryl methyl sites for hydroxylation is 1. The summed E-state index contributed by atoms with van der Waals surface area (Å²) >= 11 is 0. The first-order valence-corrected chi connectivity index (χ1v) is 13.5. The molecule has 0 aromatic carbocycles. The Hall–Kier alpha value is -1.27. The van der Waals surface area contributed by atoms with E-state index in [0.717, 1.165) is 64.6 Å². The molecule has 0 bridgehead atoms. The van der Waals surface area contributed by atoms with Gasteiger partial charge in [0.15, 0.2) is 0 Å². The molecule has 0 atom stereocenters. The lowest BCUT2D eigenvalue weighted by molar-refractivity contribution is 0.111. The molecule has 0 radical (unpaired) electrons. The van der Waals surface area contributed by atoms with Crippen molar-refractivity contribution in [1.29, 1.82) is 0 Å². The van der Waals surface area contributed by atoms with Crippen molar-refractivity contribution >= 4 is 0 Å². The van der Waals surface area contributed by atoms with Gasteiger partial charge in [-0.15, -0.1) is 0 Å². The summed E-state index contributed by atoms with van der Waals surface area (Å²) in [6.45, 7) is 13.9. The molecule has 0 unspecified atom stereocenters. The molecule has 0 aliphatic heterocycles. The number of hydrogen-bond donors (Lipinski definition) is 2. The number of imidazole rings is 1. The van der Waals surface area contributed by atoms with E-state index in [1.54, 1.807) is 15.3 Å². The second kappa shape index (κ2) is 15.6. The zero-order chi connectivity index (χ0) is 24.7. The molecule has 6 heteroatoms. The van der Waals surface area contributed by atoms with Crippen LogP contribution in [0.3, 0.4) is 0 Å². The Kier molecular flexibility index (Phi) is 14.1. The molecule has 1 rings (SSSR count). The number of aliphatic hydroxyl groups is 1. The second-order valence-corrected chi connectivity index (χ2v) is 9.91. The van der Waals surface area contributed by atoms with Gasteiger partial charge in [0.05, 0.1) is 6.20 Å². The third-order valence-electron chi connectivity index (χ3n) is 8.22. The van der Waals surface area contributed by atoms with Crippen LogP contribution in [-0.4, -0.2) is 39.2 Å². The molecule has 1 aromatic heterocycles. The fourth-order valence-electron chi connectivity index (χ4n) is 5.18. The summed E-state index contributed by atoms with van der Waals surface area (Å²) in [7, 11) is 0. The van der Waals surface area contributed by atoms with Crippen molar-refractivity contribution in [3.8, 4) is 5.88 Å². The Bertz CT molecular complexity index is 687. The molecular weight excluding hydrogens is 416 g/mol. The summed E-state index contributed by atoms with van der Waals surface area (Å²) < 4.78 is 9.02. The zero-order valence-electron chi connectivity index (χ0n) is 22.2. The van der Waals surface area contributed by atoms with E-state index in [2.05, 4.69) is 27.7 Å². The van der Waals surface area contributed by atoms with Crippen molar-refractivity contribution in [2.45, 2.75) is 125 Å². The smallest absolute Gasteiger partial charge is 0.331 e. The average Bonchev–Trinajstić information content (AvgIpc) is 3.11. The third kappa shape index (κ3) is 9.12. The number of rotatable bonds is 20. The molecule has 1 aromatic rings. The summed E-state index contributed by atoms with van der Waals surface area (Å²) in [6.07, 6.45) is 14.6. The molecule has 1 heterocycles. The number of nitrogens with zero attached hydrogens (tertiary/aromatic N) is 2. The second-order valence-electron chi connectivity index (χ2n) is 9.91. The summed E-state index contributed by atoms with van der Waals surface area (Å²) in [5.41, 5.74) is 0.302. The summed E-state index contributed by atoms with van der Waals surface area (Å²) in [6, 6.07) is 0. The van der Waals surface area contributed by atoms with Gasteiger partial charge in [0.1, 0.15) is 0 Å². The number of aromatic hydroxyl groups is 1. The van der Waals surface area contributed by atoms with Crippen molar-refractivity contribution in [3.05, 3.63) is 16.7 Å². The van der Waals surface area contributed by atoms with Crippen LogP contribution < -0.4 is 5.69 Å². The number of ether oxygens (including phenoxy) is 1. The van der Waals surface area contributed by atoms with E-state index < -0.39 is 0 Å². The van der Waals surface area contributed by atoms with E-state index in [1.165, 1.54) is 25.7 Å². The minimum Gasteiger partial charge on any atom is -0.493 e. The Morgan fingerprint density at radius 3 is 1.79 bits per heavy atom. The van der Waals surface area contributed by atoms with Crippen molar-refractivity contribution in [2.75, 3.05) is 19.8 Å². The molecule has 0 fully saturated rings. The van der Waals surface area contributed by atoms with Crippen molar-refractivity contribution in [1.82, 2.24) is 9.13 Å². The Morgan fingerprint density at radius 1 is 0.818 bits per heavy atom. The minimum atomic E-state index is -0.115. The maximum Gasteiger partial charge on any atom is 0.331 e. The maximum absolute atomic E-state index is 12.5. The van der Waals surface area contributed by atoms with Crippen LogP contribution in [0, 0.1) is 10.8 Å². The average molecular weight is 469 g/mol. The van der Waals surface area contributed by atoms with Gasteiger partial charge in [-0.05, 0) is 69.1 Å². The predicted molar refractivity (Wildman–Crippen MR) is 137 cm³/mol. The van der Waals surface area contributed by atoms with Crippen LogP contribution >= 0.6 is 0 Å². The van der Waals surface area contributed by atoms with E-state index in [1.807, 2.05) is 6.92 Å². The Balaban J connectivity index is 2.36. The highest BCUT2D eigenvalue weighted by Crippen LogP contribution is 2.37. The first-order chi connectivity index (χ1) is 15.9. The van der Waals surface area contributed by atoms with Gasteiger partial charge in [-0.3, -0.25) is 9.13 Å². The van der Waals surface area contributed by atoms with Crippen LogP contribution in [0.25, 0.3) is 0 Å². The maximum atomic E-state index is 12.5. The zero-order valence-corrected chi connectivity index (χ0v) is 22.2. The lowest BCUT2D eigenvalue weighted by Crippen LogP contribution is -2.32. The van der Waals surface area contributed by atoms with E-state index in [9.17, 15) is 15.0 Å². The quantitative estimate of drug-likeness (QED) is 0.226. The number of unbranched alkanes of at least 4 members (excludes halogenated alkanes) is 2. The third-order valence-corrected chi connectivity index (χ3v) is 8.22. The van der Waals surface area contributed by atoms with E-state index in [4.69, 9.17) is 4.74 Å². The van der Waals surface area contributed by atoms with Gasteiger partial charge in [0.2, 0.25) is 5.88 Å². The van der Waals surface area contributed by atoms with Crippen LogP contribution in [0.5, 0.6) is 5.88 Å². The van der Waals surface area contributed by atoms with Crippen LogP contribution in [0.2, 0.25) is 0 Å². The number of aromatic nitrogens is 2. The Morgan fingerprint density at radius 2 is 1.33 bits per heavy atom. The predicted octanol–water partition coefficient (Wildman–Crippen LogP) is 6.12. The fraction of sp³-hybridized carbons (Fsp3) is 0.889. The SMILES string of the molecule is CCn1cc(O)n(CC(CC)(CC)CCCCOCCCCC(CC)(CC)CCCO)c1=O. The number of hydrogen-bond acceptors (Lipinski definition) is 4. The van der Waals surface area contributed by atoms with Crippen molar-refractivity contribution in [2.24, 2.45) is 10.8 Å². The largest absolute Gasteiger partial charge is 0.493 e. The molecule has 6 nitrogen and oxygen atoms in total. The molecule has 33 heavy (non-hydrogen) atoms. The molecule has 0 spiro atoms. The molecule has 0 amide bonds. The molecule has 2 N–H and O–H groups in total. The van der Waals surface area contributed by atoms with Gasteiger partial charge in [-0.1, -0.05) is 53.4 Å². The van der Waals surface area contributed by atoms with Crippen LogP contribution in [0.15, 0.2) is 11.0 Å². The highest BCUT2D eigenvalue weighted by molar-refractivity contribution is 5.06. The van der Waals surface area contributed by atoms with Crippen LogP contribution in [-0.2, 0) is 17.8 Å². The molecule has 0 saturated heterocycles. The standard InChI is InChI=1S/C27H52N2O4/c1-6-26(7-2,18-15-19-30)16-11-13-20-33-21-14-12-17-27(8-3,9-4)23-29-24(31)22-28(10-5)25(29)32/h22,30-31H,6-21,23H2,1-5H3. The van der Waals surface area contributed by atoms with E-state index >= 15 is 0 Å². The number of aliphatic hydroxyl groups excluding tert-OH is 1.